The van der Waals surface area contributed by atoms with Crippen LogP contribution in [0.15, 0.2) is 65.6 Å². The van der Waals surface area contributed by atoms with Crippen molar-refractivity contribution in [2.45, 2.75) is 4.90 Å². The third-order valence-electron chi connectivity index (χ3n) is 4.45. The van der Waals surface area contributed by atoms with Crippen molar-refractivity contribution in [1.82, 2.24) is 0 Å². The van der Waals surface area contributed by atoms with Gasteiger partial charge in [0, 0.05) is 23.4 Å². The molecule has 0 aliphatic carbocycles. The molecule has 1 amide bonds. The van der Waals surface area contributed by atoms with E-state index in [0.717, 1.165) is 0 Å². The normalized spacial score (nSPS) is 10.9. The van der Waals surface area contributed by atoms with E-state index in [9.17, 15) is 13.2 Å². The van der Waals surface area contributed by atoms with Crippen molar-refractivity contribution in [3.8, 4) is 17.2 Å². The van der Waals surface area contributed by atoms with Crippen LogP contribution in [-0.4, -0.2) is 35.7 Å². The summed E-state index contributed by atoms with van der Waals surface area (Å²) >= 11 is 6.04. The molecular formula is C22H21ClN2O6S. The molecule has 0 atom stereocenters. The lowest BCUT2D eigenvalue weighted by atomic mass is 10.2. The van der Waals surface area contributed by atoms with Crippen LogP contribution in [0.25, 0.3) is 0 Å². The smallest absolute Gasteiger partial charge is 0.261 e. The summed E-state index contributed by atoms with van der Waals surface area (Å²) in [5.74, 6) is 0.589. The van der Waals surface area contributed by atoms with Crippen LogP contribution >= 0.6 is 11.6 Å². The van der Waals surface area contributed by atoms with Crippen LogP contribution in [0.4, 0.5) is 11.4 Å². The molecule has 0 aromatic heterocycles. The zero-order valence-electron chi connectivity index (χ0n) is 17.5. The lowest BCUT2D eigenvalue weighted by Crippen LogP contribution is -2.16. The fraction of sp³-hybridized carbons (Fsp3) is 0.136. The van der Waals surface area contributed by atoms with Crippen molar-refractivity contribution in [2.24, 2.45) is 0 Å². The fourth-order valence-electron chi connectivity index (χ4n) is 2.91. The summed E-state index contributed by atoms with van der Waals surface area (Å²) in [6.07, 6.45) is 0. The number of ether oxygens (including phenoxy) is 3. The molecule has 0 fully saturated rings. The van der Waals surface area contributed by atoms with E-state index in [0.29, 0.717) is 22.9 Å². The minimum atomic E-state index is -3.97. The minimum absolute atomic E-state index is 0.0880. The van der Waals surface area contributed by atoms with Gasteiger partial charge in [-0.2, -0.15) is 0 Å². The van der Waals surface area contributed by atoms with Crippen molar-refractivity contribution < 1.29 is 27.4 Å². The van der Waals surface area contributed by atoms with Gasteiger partial charge < -0.3 is 19.5 Å². The van der Waals surface area contributed by atoms with Crippen molar-refractivity contribution in [2.75, 3.05) is 31.4 Å². The molecule has 3 aromatic rings. The second kappa shape index (κ2) is 9.80. The molecule has 8 nitrogen and oxygen atoms in total. The first-order valence-corrected chi connectivity index (χ1v) is 11.1. The number of halogens is 1. The summed E-state index contributed by atoms with van der Waals surface area (Å²) in [5, 5.41) is 2.96. The summed E-state index contributed by atoms with van der Waals surface area (Å²) < 4.78 is 43.8. The number of amides is 1. The number of hydrogen-bond acceptors (Lipinski definition) is 6. The van der Waals surface area contributed by atoms with Gasteiger partial charge in [0.2, 0.25) is 5.75 Å². The molecule has 0 heterocycles. The van der Waals surface area contributed by atoms with Gasteiger partial charge in [0.15, 0.2) is 11.5 Å². The maximum atomic E-state index is 12.8. The third kappa shape index (κ3) is 5.06. The van der Waals surface area contributed by atoms with Gasteiger partial charge >= 0.3 is 0 Å². The number of benzene rings is 3. The summed E-state index contributed by atoms with van der Waals surface area (Å²) in [7, 11) is 0.430. The van der Waals surface area contributed by atoms with E-state index in [2.05, 4.69) is 10.0 Å². The largest absolute Gasteiger partial charge is 0.493 e. The number of sulfonamides is 1. The van der Waals surface area contributed by atoms with Crippen LogP contribution in [0.2, 0.25) is 5.02 Å². The number of carbonyl (C=O) groups is 1. The third-order valence-corrected chi connectivity index (χ3v) is 6.14. The summed E-state index contributed by atoms with van der Waals surface area (Å²) in [6.45, 7) is 0. The lowest BCUT2D eigenvalue weighted by Gasteiger charge is -2.15. The Morgan fingerprint density at radius 2 is 1.53 bits per heavy atom. The molecule has 32 heavy (non-hydrogen) atoms. The van der Waals surface area contributed by atoms with Gasteiger partial charge in [0.1, 0.15) is 0 Å². The van der Waals surface area contributed by atoms with Crippen LogP contribution in [0.3, 0.4) is 0 Å². The molecule has 0 aliphatic heterocycles. The maximum absolute atomic E-state index is 12.8. The maximum Gasteiger partial charge on any atom is 0.261 e. The van der Waals surface area contributed by atoms with Gasteiger partial charge in [-0.05, 0) is 30.3 Å². The number of hydrogen-bond donors (Lipinski definition) is 2. The summed E-state index contributed by atoms with van der Waals surface area (Å²) in [6, 6.07) is 15.2. The van der Waals surface area contributed by atoms with E-state index in [1.807, 2.05) is 0 Å². The Bertz CT molecular complexity index is 1220. The van der Waals surface area contributed by atoms with Crippen molar-refractivity contribution in [3.63, 3.8) is 0 Å². The topological polar surface area (TPSA) is 103 Å². The molecule has 0 unspecified atom stereocenters. The average Bonchev–Trinajstić information content (AvgIpc) is 2.79. The van der Waals surface area contributed by atoms with E-state index in [-0.39, 0.29) is 21.2 Å². The summed E-state index contributed by atoms with van der Waals surface area (Å²) in [4.78, 5) is 12.7. The van der Waals surface area contributed by atoms with Crippen LogP contribution in [0.1, 0.15) is 10.4 Å². The van der Waals surface area contributed by atoms with Gasteiger partial charge in [0.05, 0.1) is 36.9 Å². The van der Waals surface area contributed by atoms with E-state index in [1.165, 1.54) is 45.6 Å². The summed E-state index contributed by atoms with van der Waals surface area (Å²) in [5.41, 5.74) is 0.759. The number of carbonyl (C=O) groups excluding carboxylic acids is 1. The highest BCUT2D eigenvalue weighted by Gasteiger charge is 2.19. The highest BCUT2D eigenvalue weighted by Crippen LogP contribution is 2.40. The molecule has 2 N–H and O–H groups in total. The molecule has 0 radical (unpaired) electrons. The molecule has 3 rings (SSSR count). The van der Waals surface area contributed by atoms with Gasteiger partial charge in [-0.1, -0.05) is 29.8 Å². The average molecular weight is 477 g/mol. The Hall–Kier alpha value is -3.43. The molecule has 0 aliphatic rings. The zero-order valence-corrected chi connectivity index (χ0v) is 19.1. The van der Waals surface area contributed by atoms with Crippen LogP contribution in [0.5, 0.6) is 17.2 Å². The van der Waals surface area contributed by atoms with E-state index >= 15 is 0 Å². The van der Waals surface area contributed by atoms with Crippen molar-refractivity contribution in [1.29, 1.82) is 0 Å². The number of para-hydroxylation sites is 1. The number of anilines is 2. The molecule has 10 heteroatoms. The molecule has 0 spiro atoms. The highest BCUT2D eigenvalue weighted by molar-refractivity contribution is 7.92. The Kier molecular flexibility index (Phi) is 7.12. The zero-order chi connectivity index (χ0) is 23.3. The van der Waals surface area contributed by atoms with Gasteiger partial charge in [-0.3, -0.25) is 9.52 Å². The molecular weight excluding hydrogens is 456 g/mol. The molecule has 3 aromatic carbocycles. The Balaban J connectivity index is 1.87. The molecule has 0 bridgehead atoms. The van der Waals surface area contributed by atoms with Gasteiger partial charge in [0.25, 0.3) is 15.9 Å². The number of nitrogens with one attached hydrogen (secondary N) is 2. The molecule has 168 valence electrons. The van der Waals surface area contributed by atoms with E-state index < -0.39 is 15.9 Å². The van der Waals surface area contributed by atoms with Crippen molar-refractivity contribution >= 4 is 38.9 Å². The monoisotopic (exact) mass is 476 g/mol. The molecule has 0 saturated carbocycles. The standard InChI is InChI=1S/C22H21ClN2O6S/c1-29-19-12-15(13-20(30-2)21(19)31-3)24-22(26)14-7-6-8-16(11-14)32(27,28)25-18-10-5-4-9-17(18)23/h4-13,25H,1-3H3,(H,24,26). The first-order chi connectivity index (χ1) is 15.3. The second-order valence-corrected chi connectivity index (χ2v) is 8.57. The lowest BCUT2D eigenvalue weighted by molar-refractivity contribution is 0.102. The van der Waals surface area contributed by atoms with E-state index in [4.69, 9.17) is 25.8 Å². The van der Waals surface area contributed by atoms with Crippen LogP contribution in [0, 0.1) is 0 Å². The SMILES string of the molecule is COc1cc(NC(=O)c2cccc(S(=O)(=O)Nc3ccccc3Cl)c2)cc(OC)c1OC. The first-order valence-electron chi connectivity index (χ1n) is 9.28. The Morgan fingerprint density at radius 1 is 0.875 bits per heavy atom. The Labute approximate surface area is 191 Å². The Morgan fingerprint density at radius 3 is 2.12 bits per heavy atom. The van der Waals surface area contributed by atoms with Gasteiger partial charge in [-0.15, -0.1) is 0 Å². The van der Waals surface area contributed by atoms with Gasteiger partial charge in [-0.25, -0.2) is 8.42 Å². The fourth-order valence-corrected chi connectivity index (χ4v) is 4.27. The second-order valence-electron chi connectivity index (χ2n) is 6.48. The molecule has 0 saturated heterocycles. The predicted octanol–water partition coefficient (Wildman–Crippen LogP) is 4.42. The van der Waals surface area contributed by atoms with Crippen LogP contribution < -0.4 is 24.2 Å². The minimum Gasteiger partial charge on any atom is -0.493 e. The van der Waals surface area contributed by atoms with Crippen molar-refractivity contribution in [3.05, 3.63) is 71.2 Å². The highest BCUT2D eigenvalue weighted by atomic mass is 35.5. The first kappa shape index (κ1) is 23.2. The van der Waals surface area contributed by atoms with Crippen LogP contribution in [-0.2, 0) is 10.0 Å². The number of rotatable bonds is 8. The van der Waals surface area contributed by atoms with E-state index in [1.54, 1.807) is 36.4 Å². The quantitative estimate of drug-likeness (QED) is 0.499. The predicted molar refractivity (Wildman–Crippen MR) is 123 cm³/mol. The number of methoxy groups -OCH3 is 3.